The molecule has 0 atom stereocenters. The maximum absolute atomic E-state index is 12.1. The fraction of sp³-hybridized carbons (Fsp3) is 0.211. The molecule has 144 valence electrons. The van der Waals surface area contributed by atoms with Crippen molar-refractivity contribution in [2.45, 2.75) is 5.16 Å². The SMILES string of the molecule is COc1ccc(C(=O)NCC(=O)CSc2nnc(-c3cccnc3)n2C)cc1. The summed E-state index contributed by atoms with van der Waals surface area (Å²) in [7, 11) is 3.39. The molecule has 0 aliphatic carbocycles. The van der Waals surface area contributed by atoms with Crippen LogP contribution in [-0.2, 0) is 11.8 Å². The number of aromatic nitrogens is 4. The van der Waals surface area contributed by atoms with Crippen molar-refractivity contribution in [3.8, 4) is 17.1 Å². The van der Waals surface area contributed by atoms with Gasteiger partial charge in [-0.3, -0.25) is 14.6 Å². The number of carbonyl (C=O) groups is 2. The largest absolute Gasteiger partial charge is 0.497 e. The van der Waals surface area contributed by atoms with Gasteiger partial charge in [0.15, 0.2) is 16.8 Å². The van der Waals surface area contributed by atoms with Crippen LogP contribution in [-0.4, -0.2) is 50.8 Å². The topological polar surface area (TPSA) is 99.0 Å². The molecule has 3 rings (SSSR count). The molecule has 0 spiro atoms. The first-order chi connectivity index (χ1) is 13.6. The zero-order valence-corrected chi connectivity index (χ0v) is 16.3. The number of pyridine rings is 1. The molecule has 0 aliphatic rings. The third-order valence-corrected chi connectivity index (χ3v) is 5.00. The lowest BCUT2D eigenvalue weighted by Crippen LogP contribution is -2.30. The van der Waals surface area contributed by atoms with E-state index in [1.54, 1.807) is 43.8 Å². The molecule has 0 fully saturated rings. The van der Waals surface area contributed by atoms with Crippen LogP contribution in [0.5, 0.6) is 5.75 Å². The van der Waals surface area contributed by atoms with E-state index in [1.165, 1.54) is 11.8 Å². The van der Waals surface area contributed by atoms with E-state index in [-0.39, 0.29) is 24.0 Å². The van der Waals surface area contributed by atoms with Gasteiger partial charge in [-0.1, -0.05) is 11.8 Å². The zero-order valence-electron chi connectivity index (χ0n) is 15.5. The number of ketones is 1. The highest BCUT2D eigenvalue weighted by Crippen LogP contribution is 2.21. The minimum atomic E-state index is -0.307. The molecule has 1 amide bonds. The zero-order chi connectivity index (χ0) is 19.9. The summed E-state index contributed by atoms with van der Waals surface area (Å²) in [6, 6.07) is 10.4. The van der Waals surface area contributed by atoms with Crippen LogP contribution in [0.1, 0.15) is 10.4 Å². The molecular weight excluding hydrogens is 378 g/mol. The maximum Gasteiger partial charge on any atom is 0.251 e. The monoisotopic (exact) mass is 397 g/mol. The summed E-state index contributed by atoms with van der Waals surface area (Å²) < 4.78 is 6.87. The quantitative estimate of drug-likeness (QED) is 0.580. The Balaban J connectivity index is 1.50. The van der Waals surface area contributed by atoms with Gasteiger partial charge in [-0.05, 0) is 36.4 Å². The summed E-state index contributed by atoms with van der Waals surface area (Å²) in [5.74, 6) is 1.10. The van der Waals surface area contributed by atoms with Crippen molar-refractivity contribution in [1.82, 2.24) is 25.1 Å². The predicted octanol–water partition coefficient (Wildman–Crippen LogP) is 1.98. The highest BCUT2D eigenvalue weighted by atomic mass is 32.2. The first kappa shape index (κ1) is 19.6. The molecule has 0 saturated heterocycles. The second-order valence-corrected chi connectivity index (χ2v) is 6.79. The van der Waals surface area contributed by atoms with Crippen LogP contribution in [0.15, 0.2) is 53.9 Å². The van der Waals surface area contributed by atoms with Crippen molar-refractivity contribution in [3.05, 3.63) is 54.4 Å². The van der Waals surface area contributed by atoms with Gasteiger partial charge in [0, 0.05) is 30.6 Å². The van der Waals surface area contributed by atoms with Crippen LogP contribution in [0.4, 0.5) is 0 Å². The number of hydrogen-bond donors (Lipinski definition) is 1. The number of nitrogens with one attached hydrogen (secondary N) is 1. The third-order valence-electron chi connectivity index (χ3n) is 3.92. The van der Waals surface area contributed by atoms with E-state index >= 15 is 0 Å². The van der Waals surface area contributed by atoms with Gasteiger partial charge >= 0.3 is 0 Å². The molecule has 3 aromatic rings. The highest BCUT2D eigenvalue weighted by molar-refractivity contribution is 7.99. The van der Waals surface area contributed by atoms with E-state index in [0.717, 1.165) is 5.56 Å². The van der Waals surface area contributed by atoms with E-state index < -0.39 is 0 Å². The van der Waals surface area contributed by atoms with Crippen molar-refractivity contribution in [2.24, 2.45) is 7.05 Å². The molecule has 0 bridgehead atoms. The fourth-order valence-electron chi connectivity index (χ4n) is 2.41. The lowest BCUT2D eigenvalue weighted by atomic mass is 10.2. The molecule has 0 unspecified atom stereocenters. The van der Waals surface area contributed by atoms with E-state index in [1.807, 2.05) is 23.7 Å². The number of nitrogens with zero attached hydrogens (tertiary/aromatic N) is 4. The first-order valence-corrected chi connectivity index (χ1v) is 9.43. The number of benzene rings is 1. The average molecular weight is 397 g/mol. The fourth-order valence-corrected chi connectivity index (χ4v) is 3.18. The van der Waals surface area contributed by atoms with Gasteiger partial charge in [0.2, 0.25) is 0 Å². The molecule has 1 N–H and O–H groups in total. The summed E-state index contributed by atoms with van der Waals surface area (Å²) in [5, 5.41) is 11.5. The molecule has 2 aromatic heterocycles. The number of amides is 1. The normalized spacial score (nSPS) is 10.5. The van der Waals surface area contributed by atoms with Crippen molar-refractivity contribution < 1.29 is 14.3 Å². The number of hydrogen-bond acceptors (Lipinski definition) is 7. The van der Waals surface area contributed by atoms with Gasteiger partial charge in [-0.2, -0.15) is 0 Å². The van der Waals surface area contributed by atoms with E-state index in [4.69, 9.17) is 4.74 Å². The lowest BCUT2D eigenvalue weighted by molar-refractivity contribution is -0.115. The van der Waals surface area contributed by atoms with Gasteiger partial charge < -0.3 is 14.6 Å². The number of thioether (sulfide) groups is 1. The van der Waals surface area contributed by atoms with E-state index in [2.05, 4.69) is 20.5 Å². The van der Waals surface area contributed by atoms with Gasteiger partial charge in [0.1, 0.15) is 5.75 Å². The molecule has 0 aliphatic heterocycles. The number of Topliss-reactive ketones (excluding diaryl/α,β-unsaturated/α-hetero) is 1. The summed E-state index contributed by atoms with van der Waals surface area (Å²) in [4.78, 5) is 28.3. The van der Waals surface area contributed by atoms with Crippen molar-refractivity contribution in [3.63, 3.8) is 0 Å². The second-order valence-electron chi connectivity index (χ2n) is 5.85. The lowest BCUT2D eigenvalue weighted by Gasteiger charge is -2.06. The van der Waals surface area contributed by atoms with Crippen molar-refractivity contribution >= 4 is 23.5 Å². The average Bonchev–Trinajstić information content (AvgIpc) is 3.11. The standard InChI is InChI=1S/C19H19N5O3S/c1-24-17(14-4-3-9-20-10-14)22-23-19(24)28-12-15(25)11-21-18(26)13-5-7-16(27-2)8-6-13/h3-10H,11-12H2,1-2H3,(H,21,26). The Morgan fingerprint density at radius 3 is 2.64 bits per heavy atom. The minimum absolute atomic E-state index is 0.0504. The Hall–Kier alpha value is -3.20. The Kier molecular flexibility index (Phi) is 6.38. The van der Waals surface area contributed by atoms with E-state index in [0.29, 0.717) is 22.3 Å². The van der Waals surface area contributed by atoms with Crippen LogP contribution >= 0.6 is 11.8 Å². The van der Waals surface area contributed by atoms with Crippen LogP contribution < -0.4 is 10.1 Å². The number of rotatable bonds is 8. The molecule has 0 saturated carbocycles. The van der Waals surface area contributed by atoms with Gasteiger partial charge in [0.25, 0.3) is 5.91 Å². The summed E-state index contributed by atoms with van der Waals surface area (Å²) in [5.41, 5.74) is 1.32. The number of carbonyl (C=O) groups excluding carboxylic acids is 2. The molecular formula is C19H19N5O3S. The smallest absolute Gasteiger partial charge is 0.251 e. The Bertz CT molecular complexity index is 957. The van der Waals surface area contributed by atoms with Crippen LogP contribution in [0.3, 0.4) is 0 Å². The molecule has 28 heavy (non-hydrogen) atoms. The second kappa shape index (κ2) is 9.14. The predicted molar refractivity (Wildman–Crippen MR) is 105 cm³/mol. The van der Waals surface area contributed by atoms with Gasteiger partial charge in [-0.15, -0.1) is 10.2 Å². The van der Waals surface area contributed by atoms with Crippen LogP contribution in [0.25, 0.3) is 11.4 Å². The third kappa shape index (κ3) is 4.74. The highest BCUT2D eigenvalue weighted by Gasteiger charge is 2.14. The molecule has 8 nitrogen and oxygen atoms in total. The number of methoxy groups -OCH3 is 1. The Morgan fingerprint density at radius 1 is 1.18 bits per heavy atom. The maximum atomic E-state index is 12.1. The van der Waals surface area contributed by atoms with Crippen LogP contribution in [0.2, 0.25) is 0 Å². The summed E-state index contributed by atoms with van der Waals surface area (Å²) in [6.07, 6.45) is 3.40. The minimum Gasteiger partial charge on any atom is -0.497 e. The van der Waals surface area contributed by atoms with Gasteiger partial charge in [0.05, 0.1) is 19.4 Å². The number of ether oxygens (including phenoxy) is 1. The van der Waals surface area contributed by atoms with Crippen molar-refractivity contribution in [1.29, 1.82) is 0 Å². The first-order valence-electron chi connectivity index (χ1n) is 8.45. The summed E-state index contributed by atoms with van der Waals surface area (Å²) >= 11 is 1.27. The Morgan fingerprint density at radius 2 is 1.96 bits per heavy atom. The molecule has 1 aromatic carbocycles. The molecule has 9 heteroatoms. The van der Waals surface area contributed by atoms with Gasteiger partial charge in [-0.25, -0.2) is 0 Å². The van der Waals surface area contributed by atoms with Crippen LogP contribution in [0, 0.1) is 0 Å². The Labute approximate surface area is 166 Å². The van der Waals surface area contributed by atoms with E-state index in [9.17, 15) is 9.59 Å². The van der Waals surface area contributed by atoms with Crippen molar-refractivity contribution in [2.75, 3.05) is 19.4 Å². The molecule has 2 heterocycles. The summed E-state index contributed by atoms with van der Waals surface area (Å²) in [6.45, 7) is -0.0504. The molecule has 0 radical (unpaired) electrons.